The third kappa shape index (κ3) is 3.56. The summed E-state index contributed by atoms with van der Waals surface area (Å²) in [6.45, 7) is 1.81. The van der Waals surface area contributed by atoms with Gasteiger partial charge in [-0.3, -0.25) is 0 Å². The van der Waals surface area contributed by atoms with Gasteiger partial charge in [-0.1, -0.05) is 24.6 Å². The summed E-state index contributed by atoms with van der Waals surface area (Å²) in [6.07, 6.45) is 2.58. The van der Waals surface area contributed by atoms with E-state index in [1.807, 2.05) is 6.92 Å². The standard InChI is InChI=1S/C12H13ClN2O3/c1-8(3-6-12(16)17)10-7-9(13)4-5-11(10)15(2)14-18/h3-8H,1-2H3,(H,16,17)/b6-3+. The van der Waals surface area contributed by atoms with E-state index < -0.39 is 5.97 Å². The number of anilines is 1. The van der Waals surface area contributed by atoms with Gasteiger partial charge in [0, 0.05) is 24.1 Å². The molecule has 0 radical (unpaired) electrons. The molecule has 18 heavy (non-hydrogen) atoms. The van der Waals surface area contributed by atoms with E-state index >= 15 is 0 Å². The Kier molecular flexibility index (Phi) is 4.85. The van der Waals surface area contributed by atoms with E-state index in [9.17, 15) is 9.70 Å². The van der Waals surface area contributed by atoms with Crippen LogP contribution in [0.4, 0.5) is 5.69 Å². The topological polar surface area (TPSA) is 70.0 Å². The van der Waals surface area contributed by atoms with Crippen LogP contribution in [0.3, 0.4) is 0 Å². The Morgan fingerprint density at radius 2 is 2.22 bits per heavy atom. The first-order valence-corrected chi connectivity index (χ1v) is 5.61. The molecule has 6 heteroatoms. The number of halogens is 1. The lowest BCUT2D eigenvalue weighted by molar-refractivity contribution is -0.131. The number of hydrogen-bond acceptors (Lipinski definition) is 3. The molecule has 1 rings (SSSR count). The van der Waals surface area contributed by atoms with E-state index in [0.717, 1.165) is 11.6 Å². The van der Waals surface area contributed by atoms with Crippen molar-refractivity contribution < 1.29 is 9.90 Å². The van der Waals surface area contributed by atoms with Crippen molar-refractivity contribution in [1.29, 1.82) is 0 Å². The van der Waals surface area contributed by atoms with E-state index in [-0.39, 0.29) is 5.92 Å². The molecule has 0 aliphatic rings. The summed E-state index contributed by atoms with van der Waals surface area (Å²) in [5.74, 6) is -1.22. The normalized spacial score (nSPS) is 12.4. The Labute approximate surface area is 110 Å². The van der Waals surface area contributed by atoms with Crippen LogP contribution in [-0.4, -0.2) is 18.1 Å². The molecule has 0 aliphatic heterocycles. The molecular formula is C12H13ClN2O3. The van der Waals surface area contributed by atoms with Crippen molar-refractivity contribution in [1.82, 2.24) is 0 Å². The van der Waals surface area contributed by atoms with Gasteiger partial charge in [0.05, 0.1) is 11.0 Å². The van der Waals surface area contributed by atoms with Crippen molar-refractivity contribution in [3.63, 3.8) is 0 Å². The van der Waals surface area contributed by atoms with Gasteiger partial charge in [-0.05, 0) is 23.8 Å². The Morgan fingerprint density at radius 1 is 1.56 bits per heavy atom. The molecule has 1 N–H and O–H groups in total. The van der Waals surface area contributed by atoms with Gasteiger partial charge in [-0.25, -0.2) is 9.80 Å². The molecule has 0 saturated heterocycles. The zero-order valence-corrected chi connectivity index (χ0v) is 10.8. The highest BCUT2D eigenvalue weighted by Crippen LogP contribution is 2.30. The maximum absolute atomic E-state index is 10.6. The third-order valence-electron chi connectivity index (χ3n) is 2.48. The molecule has 0 spiro atoms. The molecule has 1 unspecified atom stereocenters. The minimum atomic E-state index is -1.02. The van der Waals surface area contributed by atoms with Crippen LogP contribution in [0, 0.1) is 4.91 Å². The van der Waals surface area contributed by atoms with Crippen LogP contribution in [-0.2, 0) is 4.79 Å². The highest BCUT2D eigenvalue weighted by molar-refractivity contribution is 6.30. The van der Waals surface area contributed by atoms with Crippen LogP contribution >= 0.6 is 11.6 Å². The van der Waals surface area contributed by atoms with E-state index in [1.165, 1.54) is 18.1 Å². The van der Waals surface area contributed by atoms with Gasteiger partial charge in [0.15, 0.2) is 0 Å². The van der Waals surface area contributed by atoms with Crippen molar-refractivity contribution in [2.24, 2.45) is 5.29 Å². The lowest BCUT2D eigenvalue weighted by atomic mass is 9.98. The highest BCUT2D eigenvalue weighted by atomic mass is 35.5. The minimum absolute atomic E-state index is 0.195. The van der Waals surface area contributed by atoms with Gasteiger partial charge >= 0.3 is 5.97 Å². The Morgan fingerprint density at radius 3 is 2.78 bits per heavy atom. The van der Waals surface area contributed by atoms with Crippen LogP contribution in [0.5, 0.6) is 0 Å². The average Bonchev–Trinajstić information content (AvgIpc) is 2.34. The number of carboxylic acid groups (broad SMARTS) is 1. The maximum atomic E-state index is 10.6. The van der Waals surface area contributed by atoms with E-state index in [0.29, 0.717) is 10.7 Å². The highest BCUT2D eigenvalue weighted by Gasteiger charge is 2.13. The summed E-state index contributed by atoms with van der Waals surface area (Å²) >= 11 is 5.90. The molecule has 0 saturated carbocycles. The predicted octanol–water partition coefficient (Wildman–Crippen LogP) is 3.20. The Bertz CT molecular complexity index is 488. The molecule has 0 bridgehead atoms. The summed E-state index contributed by atoms with van der Waals surface area (Å²) in [6, 6.07) is 5.01. The fourth-order valence-electron chi connectivity index (χ4n) is 1.56. The van der Waals surface area contributed by atoms with Gasteiger partial charge in [-0.2, -0.15) is 0 Å². The SMILES string of the molecule is CC(/C=C/C(=O)O)c1cc(Cl)ccc1N(C)N=O. The Balaban J connectivity index is 3.16. The lowest BCUT2D eigenvalue weighted by Crippen LogP contribution is -2.10. The number of nitrogens with zero attached hydrogens (tertiary/aromatic N) is 2. The lowest BCUT2D eigenvalue weighted by Gasteiger charge is -2.17. The molecule has 0 aromatic heterocycles. The maximum Gasteiger partial charge on any atom is 0.327 e. The first kappa shape index (κ1) is 14.2. The van der Waals surface area contributed by atoms with E-state index in [4.69, 9.17) is 16.7 Å². The molecular weight excluding hydrogens is 256 g/mol. The second-order valence-electron chi connectivity index (χ2n) is 3.79. The van der Waals surface area contributed by atoms with Crippen LogP contribution in [0.2, 0.25) is 5.02 Å². The number of rotatable bonds is 5. The van der Waals surface area contributed by atoms with Gasteiger partial charge < -0.3 is 5.11 Å². The molecule has 1 atom stereocenters. The number of aliphatic carboxylic acids is 1. The van der Waals surface area contributed by atoms with Crippen molar-refractivity contribution in [3.05, 3.63) is 45.8 Å². The first-order valence-electron chi connectivity index (χ1n) is 5.23. The van der Waals surface area contributed by atoms with Crippen LogP contribution in [0.1, 0.15) is 18.4 Å². The zero-order valence-electron chi connectivity index (χ0n) is 10.0. The summed E-state index contributed by atoms with van der Waals surface area (Å²) in [4.78, 5) is 21.0. The first-order chi connectivity index (χ1) is 8.45. The summed E-state index contributed by atoms with van der Waals surface area (Å²) in [5.41, 5.74) is 1.33. The quantitative estimate of drug-likeness (QED) is 0.506. The van der Waals surface area contributed by atoms with E-state index in [1.54, 1.807) is 18.2 Å². The Hall–Kier alpha value is -1.88. The molecule has 1 aromatic rings. The number of carbonyl (C=O) groups is 1. The number of carboxylic acids is 1. The zero-order chi connectivity index (χ0) is 13.7. The second-order valence-corrected chi connectivity index (χ2v) is 4.23. The average molecular weight is 269 g/mol. The number of allylic oxidation sites excluding steroid dienone is 1. The molecule has 5 nitrogen and oxygen atoms in total. The van der Waals surface area contributed by atoms with Crippen molar-refractivity contribution >= 4 is 23.3 Å². The number of hydrogen-bond donors (Lipinski definition) is 1. The fourth-order valence-corrected chi connectivity index (χ4v) is 1.74. The summed E-state index contributed by atoms with van der Waals surface area (Å²) in [7, 11) is 1.52. The van der Waals surface area contributed by atoms with Crippen molar-refractivity contribution in [3.8, 4) is 0 Å². The monoisotopic (exact) mass is 268 g/mol. The molecule has 0 amide bonds. The molecule has 96 valence electrons. The summed E-state index contributed by atoms with van der Waals surface area (Å²) < 4.78 is 0. The summed E-state index contributed by atoms with van der Waals surface area (Å²) in [5, 5.41) is 13.1. The van der Waals surface area contributed by atoms with Crippen LogP contribution < -0.4 is 5.01 Å². The number of nitroso groups, excluding NO2 is 1. The van der Waals surface area contributed by atoms with Gasteiger partial charge in [-0.15, -0.1) is 4.91 Å². The van der Waals surface area contributed by atoms with Gasteiger partial charge in [0.1, 0.15) is 0 Å². The van der Waals surface area contributed by atoms with Crippen LogP contribution in [0.25, 0.3) is 0 Å². The minimum Gasteiger partial charge on any atom is -0.478 e. The van der Waals surface area contributed by atoms with Gasteiger partial charge in [0.2, 0.25) is 0 Å². The van der Waals surface area contributed by atoms with E-state index in [2.05, 4.69) is 5.29 Å². The number of benzene rings is 1. The smallest absolute Gasteiger partial charge is 0.327 e. The fraction of sp³-hybridized carbons (Fsp3) is 0.250. The second kappa shape index (κ2) is 6.16. The molecule has 0 fully saturated rings. The predicted molar refractivity (Wildman–Crippen MR) is 70.8 cm³/mol. The molecule has 0 aliphatic carbocycles. The molecule has 0 heterocycles. The van der Waals surface area contributed by atoms with Crippen LogP contribution in [0.15, 0.2) is 35.6 Å². The van der Waals surface area contributed by atoms with Crippen molar-refractivity contribution in [2.45, 2.75) is 12.8 Å². The van der Waals surface area contributed by atoms with Gasteiger partial charge in [0.25, 0.3) is 0 Å². The third-order valence-corrected chi connectivity index (χ3v) is 2.71. The largest absolute Gasteiger partial charge is 0.478 e. The molecule has 1 aromatic carbocycles. The van der Waals surface area contributed by atoms with Crippen molar-refractivity contribution in [2.75, 3.05) is 12.1 Å².